The van der Waals surface area contributed by atoms with Gasteiger partial charge < -0.3 is 20.7 Å². The van der Waals surface area contributed by atoms with Crippen LogP contribution in [0.4, 0.5) is 0 Å². The summed E-state index contributed by atoms with van der Waals surface area (Å²) >= 11 is 0. The normalized spacial score (nSPS) is 13.9. The summed E-state index contributed by atoms with van der Waals surface area (Å²) < 4.78 is 5.70. The van der Waals surface area contributed by atoms with Gasteiger partial charge in [0.05, 0.1) is 0 Å². The van der Waals surface area contributed by atoms with Gasteiger partial charge in [-0.25, -0.2) is 0 Å². The largest absolute Gasteiger partial charge is 0.457 e. The van der Waals surface area contributed by atoms with Crippen molar-refractivity contribution in [3.63, 3.8) is 0 Å². The fourth-order valence-corrected chi connectivity index (χ4v) is 3.36. The Hall–Kier alpha value is -3.35. The molecule has 3 rings (SSSR count). The Labute approximate surface area is 176 Å². The first-order valence-corrected chi connectivity index (χ1v) is 10.3. The van der Waals surface area contributed by atoms with E-state index in [4.69, 9.17) is 10.5 Å². The van der Waals surface area contributed by atoms with Crippen molar-refractivity contribution in [3.8, 4) is 11.5 Å². The summed E-state index contributed by atoms with van der Waals surface area (Å²) in [7, 11) is 0. The van der Waals surface area contributed by atoms with E-state index in [0.29, 0.717) is 35.6 Å². The maximum absolute atomic E-state index is 12.3. The van der Waals surface area contributed by atoms with Crippen LogP contribution in [0.2, 0.25) is 0 Å². The Morgan fingerprint density at radius 2 is 1.37 bits per heavy atom. The van der Waals surface area contributed by atoms with E-state index in [1.165, 1.54) is 12.8 Å². The topological polar surface area (TPSA) is 102 Å². The lowest BCUT2D eigenvalue weighted by atomic mass is 10.2. The van der Waals surface area contributed by atoms with Gasteiger partial charge in [-0.3, -0.25) is 14.4 Å². The van der Waals surface area contributed by atoms with Crippen molar-refractivity contribution in [1.82, 2.24) is 10.2 Å². The molecule has 7 heteroatoms. The van der Waals surface area contributed by atoms with Crippen LogP contribution in [0.3, 0.4) is 0 Å². The molecule has 2 aromatic rings. The molecule has 0 bridgehead atoms. The molecule has 0 saturated carbocycles. The third kappa shape index (κ3) is 6.07. The van der Waals surface area contributed by atoms with Crippen LogP contribution in [0.5, 0.6) is 11.5 Å². The highest BCUT2D eigenvalue weighted by atomic mass is 16.5. The highest BCUT2D eigenvalue weighted by molar-refractivity contribution is 5.94. The van der Waals surface area contributed by atoms with Gasteiger partial charge in [-0.15, -0.1) is 0 Å². The number of rotatable bonds is 7. The molecule has 0 aromatic heterocycles. The minimum atomic E-state index is -0.495. The quantitative estimate of drug-likeness (QED) is 0.734. The standard InChI is InChI=1S/C23H27N3O4/c24-22(28)17-5-9-19(10-6-17)30-20-11-7-18(8-12-20)23(29)25-14-13-21(27)26-15-3-1-2-4-16-26/h5-12H,1-4,13-16H2,(H2,24,28)(H,25,29). The number of ether oxygens (including phenoxy) is 1. The Bertz CT molecular complexity index is 870. The van der Waals surface area contributed by atoms with Crippen molar-refractivity contribution in [1.29, 1.82) is 0 Å². The van der Waals surface area contributed by atoms with Crippen LogP contribution < -0.4 is 15.8 Å². The van der Waals surface area contributed by atoms with Crippen LogP contribution in [0, 0.1) is 0 Å². The molecule has 2 aromatic carbocycles. The SMILES string of the molecule is NC(=O)c1ccc(Oc2ccc(C(=O)NCCC(=O)N3CCCCCC3)cc2)cc1. The predicted octanol–water partition coefficient (Wildman–Crippen LogP) is 3.10. The number of benzene rings is 2. The Kier molecular flexibility index (Phi) is 7.43. The van der Waals surface area contributed by atoms with Gasteiger partial charge >= 0.3 is 0 Å². The van der Waals surface area contributed by atoms with Crippen molar-refractivity contribution in [2.24, 2.45) is 5.73 Å². The van der Waals surface area contributed by atoms with Crippen LogP contribution in [-0.4, -0.2) is 42.3 Å². The number of carbonyl (C=O) groups is 3. The van der Waals surface area contributed by atoms with Gasteiger partial charge in [-0.1, -0.05) is 12.8 Å². The summed E-state index contributed by atoms with van der Waals surface area (Å²) in [6.45, 7) is 1.96. The molecule has 3 N–H and O–H groups in total. The average Bonchev–Trinajstić information content (AvgIpc) is 3.04. The highest BCUT2D eigenvalue weighted by Gasteiger charge is 2.15. The summed E-state index contributed by atoms with van der Waals surface area (Å²) in [5.41, 5.74) is 6.12. The van der Waals surface area contributed by atoms with E-state index >= 15 is 0 Å². The molecule has 3 amide bonds. The Morgan fingerprint density at radius 1 is 0.833 bits per heavy atom. The smallest absolute Gasteiger partial charge is 0.251 e. The first-order chi connectivity index (χ1) is 14.5. The second-order valence-electron chi connectivity index (χ2n) is 7.32. The average molecular weight is 409 g/mol. The molecule has 0 aliphatic carbocycles. The zero-order valence-electron chi connectivity index (χ0n) is 16.9. The third-order valence-corrected chi connectivity index (χ3v) is 5.07. The number of nitrogens with zero attached hydrogens (tertiary/aromatic N) is 1. The lowest BCUT2D eigenvalue weighted by Gasteiger charge is -2.20. The predicted molar refractivity (Wildman–Crippen MR) is 113 cm³/mol. The molecule has 7 nitrogen and oxygen atoms in total. The Morgan fingerprint density at radius 3 is 1.90 bits per heavy atom. The maximum atomic E-state index is 12.3. The minimum absolute atomic E-state index is 0.100. The van der Waals surface area contributed by atoms with Crippen LogP contribution in [-0.2, 0) is 4.79 Å². The molecule has 0 radical (unpaired) electrons. The van der Waals surface area contributed by atoms with Gasteiger partial charge in [0.1, 0.15) is 11.5 Å². The highest BCUT2D eigenvalue weighted by Crippen LogP contribution is 2.22. The molecule has 1 aliphatic heterocycles. The van der Waals surface area contributed by atoms with Crippen molar-refractivity contribution in [2.45, 2.75) is 32.1 Å². The van der Waals surface area contributed by atoms with Crippen molar-refractivity contribution < 1.29 is 19.1 Å². The number of hydrogen-bond acceptors (Lipinski definition) is 4. The third-order valence-electron chi connectivity index (χ3n) is 5.07. The van der Waals surface area contributed by atoms with Crippen LogP contribution in [0.25, 0.3) is 0 Å². The van der Waals surface area contributed by atoms with Crippen LogP contribution in [0.1, 0.15) is 52.8 Å². The van der Waals surface area contributed by atoms with E-state index in [1.807, 2.05) is 4.90 Å². The van der Waals surface area contributed by atoms with Crippen molar-refractivity contribution >= 4 is 17.7 Å². The number of likely N-dealkylation sites (tertiary alicyclic amines) is 1. The van der Waals surface area contributed by atoms with Crippen LogP contribution >= 0.6 is 0 Å². The molecule has 0 atom stereocenters. The fourth-order valence-electron chi connectivity index (χ4n) is 3.36. The Balaban J connectivity index is 1.46. The molecular formula is C23H27N3O4. The number of carbonyl (C=O) groups excluding carboxylic acids is 3. The zero-order valence-corrected chi connectivity index (χ0v) is 16.9. The minimum Gasteiger partial charge on any atom is -0.457 e. The zero-order chi connectivity index (χ0) is 21.3. The number of nitrogens with two attached hydrogens (primary N) is 1. The van der Waals surface area contributed by atoms with Gasteiger partial charge in [0.25, 0.3) is 5.91 Å². The molecular weight excluding hydrogens is 382 g/mol. The van der Waals surface area contributed by atoms with E-state index < -0.39 is 5.91 Å². The second kappa shape index (κ2) is 10.4. The number of amides is 3. The fraction of sp³-hybridized carbons (Fsp3) is 0.348. The molecule has 0 spiro atoms. The summed E-state index contributed by atoms with van der Waals surface area (Å²) in [6, 6.07) is 13.2. The summed E-state index contributed by atoms with van der Waals surface area (Å²) in [6.07, 6.45) is 4.79. The van der Waals surface area contributed by atoms with Gasteiger partial charge in [-0.05, 0) is 61.4 Å². The van der Waals surface area contributed by atoms with E-state index in [-0.39, 0.29) is 11.8 Å². The van der Waals surface area contributed by atoms with Gasteiger partial charge in [-0.2, -0.15) is 0 Å². The molecule has 0 unspecified atom stereocenters. The van der Waals surface area contributed by atoms with E-state index in [0.717, 1.165) is 25.9 Å². The lowest BCUT2D eigenvalue weighted by Crippen LogP contribution is -2.35. The second-order valence-corrected chi connectivity index (χ2v) is 7.32. The summed E-state index contributed by atoms with van der Waals surface area (Å²) in [5, 5.41) is 2.80. The molecule has 158 valence electrons. The number of primary amides is 1. The van der Waals surface area contributed by atoms with Crippen LogP contribution in [0.15, 0.2) is 48.5 Å². The van der Waals surface area contributed by atoms with Crippen molar-refractivity contribution in [3.05, 3.63) is 59.7 Å². The van der Waals surface area contributed by atoms with Gasteiger partial charge in [0, 0.05) is 37.2 Å². The van der Waals surface area contributed by atoms with E-state index in [2.05, 4.69) is 5.32 Å². The monoisotopic (exact) mass is 409 g/mol. The van der Waals surface area contributed by atoms with E-state index in [1.54, 1.807) is 48.5 Å². The lowest BCUT2D eigenvalue weighted by molar-refractivity contribution is -0.131. The number of hydrogen-bond donors (Lipinski definition) is 2. The van der Waals surface area contributed by atoms with Gasteiger partial charge in [0.2, 0.25) is 11.8 Å². The first-order valence-electron chi connectivity index (χ1n) is 10.3. The van der Waals surface area contributed by atoms with Crippen molar-refractivity contribution in [2.75, 3.05) is 19.6 Å². The molecule has 1 fully saturated rings. The first kappa shape index (κ1) is 21.4. The summed E-state index contributed by atoms with van der Waals surface area (Å²) in [5.74, 6) is 0.503. The number of nitrogens with one attached hydrogen (secondary N) is 1. The van der Waals surface area contributed by atoms with E-state index in [9.17, 15) is 14.4 Å². The van der Waals surface area contributed by atoms with Gasteiger partial charge in [0.15, 0.2) is 0 Å². The molecule has 1 aliphatic rings. The maximum Gasteiger partial charge on any atom is 0.251 e. The molecule has 1 saturated heterocycles. The molecule has 30 heavy (non-hydrogen) atoms. The summed E-state index contributed by atoms with van der Waals surface area (Å²) in [4.78, 5) is 37.6. The molecule has 1 heterocycles.